The van der Waals surface area contributed by atoms with E-state index in [-0.39, 0.29) is 22.7 Å². The Hall–Kier alpha value is -3.89. The molecule has 1 fully saturated rings. The van der Waals surface area contributed by atoms with Crippen LogP contribution in [0.2, 0.25) is 0 Å². The van der Waals surface area contributed by atoms with Gasteiger partial charge in [-0.05, 0) is 53.8 Å². The number of benzene rings is 3. The largest absolute Gasteiger partial charge is 0.495 e. The van der Waals surface area contributed by atoms with Crippen LogP contribution in [0.25, 0.3) is 11.1 Å². The predicted octanol–water partition coefficient (Wildman–Crippen LogP) is 4.14. The molecular formula is C26H27N3O6S. The third kappa shape index (κ3) is 6.41. The molecule has 1 aliphatic rings. The molecule has 0 saturated heterocycles. The van der Waals surface area contributed by atoms with Gasteiger partial charge in [0, 0.05) is 11.7 Å². The number of sulfonamides is 1. The van der Waals surface area contributed by atoms with Crippen LogP contribution in [0, 0.1) is 0 Å². The first-order valence-corrected chi connectivity index (χ1v) is 12.9. The lowest BCUT2D eigenvalue weighted by Gasteiger charge is -2.19. The first-order valence-electron chi connectivity index (χ1n) is 11.4. The summed E-state index contributed by atoms with van der Waals surface area (Å²) >= 11 is 0. The maximum absolute atomic E-state index is 13.4. The Labute approximate surface area is 209 Å². The minimum atomic E-state index is -4.16. The molecule has 2 amide bonds. The van der Waals surface area contributed by atoms with Crippen molar-refractivity contribution >= 4 is 27.7 Å². The molecule has 10 heteroatoms. The fourth-order valence-electron chi connectivity index (χ4n) is 3.73. The molecule has 1 saturated carbocycles. The summed E-state index contributed by atoms with van der Waals surface area (Å²) in [6.07, 6.45) is 1.56. The van der Waals surface area contributed by atoms with E-state index in [0.717, 1.165) is 18.4 Å². The smallest absolute Gasteiger partial charge is 0.319 e. The highest BCUT2D eigenvalue weighted by Crippen LogP contribution is 2.32. The second-order valence-corrected chi connectivity index (χ2v) is 10.2. The van der Waals surface area contributed by atoms with Crippen molar-refractivity contribution in [2.75, 3.05) is 12.4 Å². The maximum atomic E-state index is 13.4. The van der Waals surface area contributed by atoms with Gasteiger partial charge in [0.2, 0.25) is 10.0 Å². The van der Waals surface area contributed by atoms with Gasteiger partial charge in [-0.25, -0.2) is 17.9 Å². The lowest BCUT2D eigenvalue weighted by atomic mass is 10.1. The topological polar surface area (TPSA) is 134 Å². The zero-order chi connectivity index (χ0) is 25.7. The first-order chi connectivity index (χ1) is 17.2. The molecule has 3 aromatic carbocycles. The minimum Gasteiger partial charge on any atom is -0.495 e. The highest BCUT2D eigenvalue weighted by atomic mass is 32.2. The summed E-state index contributed by atoms with van der Waals surface area (Å²) in [4.78, 5) is 23.3. The normalized spacial score (nSPS) is 14.0. The molecule has 188 valence electrons. The van der Waals surface area contributed by atoms with Crippen LogP contribution in [0.4, 0.5) is 10.5 Å². The van der Waals surface area contributed by atoms with Gasteiger partial charge < -0.3 is 20.5 Å². The maximum Gasteiger partial charge on any atom is 0.319 e. The minimum absolute atomic E-state index is 0.111. The van der Waals surface area contributed by atoms with E-state index in [9.17, 15) is 23.1 Å². The molecule has 1 unspecified atom stereocenters. The fraction of sp³-hybridized carbons (Fsp3) is 0.231. The number of aliphatic carboxylic acids is 1. The molecule has 4 N–H and O–H groups in total. The summed E-state index contributed by atoms with van der Waals surface area (Å²) in [6.45, 7) is 0. The van der Waals surface area contributed by atoms with E-state index in [1.165, 1.54) is 13.2 Å². The molecule has 0 heterocycles. The van der Waals surface area contributed by atoms with Gasteiger partial charge >= 0.3 is 12.0 Å². The van der Waals surface area contributed by atoms with Gasteiger partial charge in [-0.1, -0.05) is 48.5 Å². The van der Waals surface area contributed by atoms with Crippen molar-refractivity contribution in [1.82, 2.24) is 10.0 Å². The molecule has 3 aromatic rings. The van der Waals surface area contributed by atoms with Crippen LogP contribution in [0.1, 0.15) is 30.9 Å². The molecule has 4 rings (SSSR count). The Kier molecular flexibility index (Phi) is 7.56. The van der Waals surface area contributed by atoms with Crippen LogP contribution < -0.4 is 20.1 Å². The van der Waals surface area contributed by atoms with Crippen LogP contribution in [0.3, 0.4) is 0 Å². The first kappa shape index (κ1) is 25.2. The molecule has 0 radical (unpaired) electrons. The number of ether oxygens (including phenoxy) is 1. The van der Waals surface area contributed by atoms with E-state index in [0.29, 0.717) is 16.8 Å². The van der Waals surface area contributed by atoms with Gasteiger partial charge in [0.05, 0.1) is 19.6 Å². The molecular weight excluding hydrogens is 482 g/mol. The predicted molar refractivity (Wildman–Crippen MR) is 135 cm³/mol. The van der Waals surface area contributed by atoms with Crippen molar-refractivity contribution in [3.05, 3.63) is 78.4 Å². The summed E-state index contributed by atoms with van der Waals surface area (Å²) in [5.41, 5.74) is 2.48. The monoisotopic (exact) mass is 509 g/mol. The van der Waals surface area contributed by atoms with Crippen LogP contribution in [-0.4, -0.2) is 38.7 Å². The Morgan fingerprint density at radius 3 is 2.28 bits per heavy atom. The quantitative estimate of drug-likeness (QED) is 0.325. The number of carbonyl (C=O) groups excluding carboxylic acids is 1. The van der Waals surface area contributed by atoms with E-state index in [1.54, 1.807) is 66.7 Å². The lowest BCUT2D eigenvalue weighted by molar-refractivity contribution is -0.137. The zero-order valence-corrected chi connectivity index (χ0v) is 20.4. The van der Waals surface area contributed by atoms with Crippen LogP contribution >= 0.6 is 0 Å². The number of hydrogen-bond donors (Lipinski definition) is 4. The van der Waals surface area contributed by atoms with Crippen molar-refractivity contribution in [2.45, 2.75) is 36.2 Å². The average molecular weight is 510 g/mol. The van der Waals surface area contributed by atoms with Crippen molar-refractivity contribution < 1.29 is 27.9 Å². The Bertz CT molecular complexity index is 1340. The molecule has 1 atom stereocenters. The van der Waals surface area contributed by atoms with Gasteiger partial charge in [-0.3, -0.25) is 4.79 Å². The van der Waals surface area contributed by atoms with Crippen molar-refractivity contribution in [2.24, 2.45) is 0 Å². The Morgan fingerprint density at radius 2 is 1.67 bits per heavy atom. The number of rotatable bonds is 10. The van der Waals surface area contributed by atoms with Gasteiger partial charge in [-0.15, -0.1) is 0 Å². The second-order valence-electron chi connectivity index (χ2n) is 8.50. The van der Waals surface area contributed by atoms with Crippen molar-refractivity contribution in [1.29, 1.82) is 0 Å². The summed E-state index contributed by atoms with van der Waals surface area (Å²) in [6, 6.07) is 19.3. The Morgan fingerprint density at radius 1 is 1.00 bits per heavy atom. The molecule has 1 aliphatic carbocycles. The molecule has 0 bridgehead atoms. The third-order valence-corrected chi connectivity index (χ3v) is 7.21. The number of carboxylic acids is 1. The van der Waals surface area contributed by atoms with Gasteiger partial charge in [-0.2, -0.15) is 0 Å². The summed E-state index contributed by atoms with van der Waals surface area (Å²) < 4.78 is 34.6. The Balaban J connectivity index is 1.59. The van der Waals surface area contributed by atoms with E-state index < -0.39 is 28.5 Å². The fourth-order valence-corrected chi connectivity index (χ4v) is 5.15. The number of amides is 2. The molecule has 0 aliphatic heterocycles. The van der Waals surface area contributed by atoms with E-state index >= 15 is 0 Å². The SMILES string of the molecule is COc1ccc(-c2ccc(NC(=O)NC3CC3)cc2)cc1S(=O)(=O)NC(CC(=O)O)c1ccccc1. The van der Waals surface area contributed by atoms with E-state index in [2.05, 4.69) is 15.4 Å². The number of methoxy groups -OCH3 is 1. The van der Waals surface area contributed by atoms with Gasteiger partial charge in [0.25, 0.3) is 0 Å². The van der Waals surface area contributed by atoms with Gasteiger partial charge in [0.1, 0.15) is 10.6 Å². The average Bonchev–Trinajstić information content (AvgIpc) is 3.67. The van der Waals surface area contributed by atoms with Crippen molar-refractivity contribution in [3.63, 3.8) is 0 Å². The summed E-state index contributed by atoms with van der Waals surface area (Å²) in [7, 11) is -2.79. The summed E-state index contributed by atoms with van der Waals surface area (Å²) in [5, 5.41) is 15.0. The third-order valence-electron chi connectivity index (χ3n) is 5.72. The highest BCUT2D eigenvalue weighted by Gasteiger charge is 2.27. The van der Waals surface area contributed by atoms with Crippen molar-refractivity contribution in [3.8, 4) is 16.9 Å². The molecule has 36 heavy (non-hydrogen) atoms. The lowest BCUT2D eigenvalue weighted by Crippen LogP contribution is -2.30. The highest BCUT2D eigenvalue weighted by molar-refractivity contribution is 7.89. The van der Waals surface area contributed by atoms with E-state index in [4.69, 9.17) is 4.74 Å². The number of anilines is 1. The zero-order valence-electron chi connectivity index (χ0n) is 19.6. The molecule has 0 spiro atoms. The number of carboxylic acid groups (broad SMARTS) is 1. The number of urea groups is 1. The number of nitrogens with one attached hydrogen (secondary N) is 3. The van der Waals surface area contributed by atoms with Crippen LogP contribution in [0.15, 0.2) is 77.7 Å². The van der Waals surface area contributed by atoms with E-state index in [1.807, 2.05) is 0 Å². The van der Waals surface area contributed by atoms with Crippen LogP contribution in [0.5, 0.6) is 5.75 Å². The van der Waals surface area contributed by atoms with Crippen LogP contribution in [-0.2, 0) is 14.8 Å². The molecule has 0 aromatic heterocycles. The standard InChI is InChI=1S/C26H27N3O6S/c1-35-23-14-9-19(17-7-10-20(11-8-17)27-26(32)28-21-12-13-21)15-24(23)36(33,34)29-22(16-25(30)31)18-5-3-2-4-6-18/h2-11,14-15,21-22,29H,12-13,16H2,1H3,(H,30,31)(H2,27,28,32). The van der Waals surface area contributed by atoms with Gasteiger partial charge in [0.15, 0.2) is 0 Å². The number of hydrogen-bond acceptors (Lipinski definition) is 5. The summed E-state index contributed by atoms with van der Waals surface area (Å²) in [5.74, 6) is -1.00. The molecule has 9 nitrogen and oxygen atoms in total. The number of carbonyl (C=O) groups is 2. The second kappa shape index (κ2) is 10.8.